The maximum Gasteiger partial charge on any atom is 0.331 e. The Labute approximate surface area is 151 Å². The van der Waals surface area contributed by atoms with Gasteiger partial charge in [0.05, 0.1) is 38.4 Å². The fourth-order valence-electron chi connectivity index (χ4n) is 3.25. The SMILES string of the molecule is CCOP(=O)(C[C@H]1C[C@H](n2cnc3c(N)ncnc32)O[C@@H]1CO)OCC. The topological polar surface area (TPSA) is 135 Å². The van der Waals surface area contributed by atoms with Crippen LogP contribution in [0.1, 0.15) is 26.5 Å². The van der Waals surface area contributed by atoms with Crippen molar-refractivity contribution in [3.05, 3.63) is 12.7 Å². The Kier molecular flexibility index (Phi) is 5.89. The van der Waals surface area contributed by atoms with Gasteiger partial charge in [0.1, 0.15) is 18.1 Å². The molecule has 2 aromatic rings. The van der Waals surface area contributed by atoms with Crippen molar-refractivity contribution >= 4 is 24.6 Å². The van der Waals surface area contributed by atoms with Crippen LogP contribution in [0.4, 0.5) is 5.82 Å². The normalized spacial score (nSPS) is 23.7. The summed E-state index contributed by atoms with van der Waals surface area (Å²) in [5.41, 5.74) is 6.87. The van der Waals surface area contributed by atoms with Gasteiger partial charge in [0.2, 0.25) is 0 Å². The molecule has 1 saturated heterocycles. The standard InChI is InChI=1S/C15H24N5O5P/c1-3-23-26(22,24-4-2)7-10-5-12(25-11(10)6-21)20-9-19-13-14(16)17-8-18-15(13)20/h8-12,21H,3-7H2,1-2H3,(H2,16,17,18)/t10-,11-,12-/m1/s1. The van der Waals surface area contributed by atoms with Gasteiger partial charge in [-0.05, 0) is 20.3 Å². The van der Waals surface area contributed by atoms with Gasteiger partial charge in [-0.25, -0.2) is 15.0 Å². The maximum absolute atomic E-state index is 12.8. The van der Waals surface area contributed by atoms with Crippen molar-refractivity contribution in [3.8, 4) is 0 Å². The molecule has 0 amide bonds. The average molecular weight is 385 g/mol. The van der Waals surface area contributed by atoms with Crippen molar-refractivity contribution in [1.82, 2.24) is 19.5 Å². The highest BCUT2D eigenvalue weighted by molar-refractivity contribution is 7.53. The zero-order valence-electron chi connectivity index (χ0n) is 14.8. The number of nitrogen functional groups attached to an aromatic ring is 1. The smallest absolute Gasteiger partial charge is 0.331 e. The molecule has 144 valence electrons. The molecule has 10 nitrogen and oxygen atoms in total. The lowest BCUT2D eigenvalue weighted by Crippen LogP contribution is -2.24. The second kappa shape index (κ2) is 7.98. The molecule has 0 aliphatic carbocycles. The number of aromatic nitrogens is 4. The summed E-state index contributed by atoms with van der Waals surface area (Å²) < 4.78 is 31.3. The van der Waals surface area contributed by atoms with E-state index in [0.717, 1.165) is 0 Å². The highest BCUT2D eigenvalue weighted by Gasteiger charge is 2.41. The van der Waals surface area contributed by atoms with Crippen molar-refractivity contribution in [2.24, 2.45) is 5.92 Å². The van der Waals surface area contributed by atoms with Gasteiger partial charge in [-0.2, -0.15) is 0 Å². The van der Waals surface area contributed by atoms with Crippen molar-refractivity contribution in [1.29, 1.82) is 0 Å². The van der Waals surface area contributed by atoms with Crippen LogP contribution in [0.3, 0.4) is 0 Å². The van der Waals surface area contributed by atoms with Crippen LogP contribution in [-0.4, -0.2) is 56.7 Å². The lowest BCUT2D eigenvalue weighted by Gasteiger charge is -2.22. The Morgan fingerprint density at radius 1 is 1.35 bits per heavy atom. The van der Waals surface area contributed by atoms with Crippen LogP contribution >= 0.6 is 7.60 Å². The molecule has 2 aromatic heterocycles. The van der Waals surface area contributed by atoms with Gasteiger partial charge in [-0.3, -0.25) is 9.13 Å². The summed E-state index contributed by atoms with van der Waals surface area (Å²) in [6.07, 6.45) is 2.76. The van der Waals surface area contributed by atoms with Crippen LogP contribution in [0.2, 0.25) is 0 Å². The average Bonchev–Trinajstić information content (AvgIpc) is 3.19. The fraction of sp³-hybridized carbons (Fsp3) is 0.667. The number of ether oxygens (including phenoxy) is 1. The van der Waals surface area contributed by atoms with Crippen molar-refractivity contribution in [2.45, 2.75) is 32.6 Å². The first-order valence-corrected chi connectivity index (χ1v) is 10.3. The number of nitrogens with two attached hydrogens (primary N) is 1. The molecular formula is C15H24N5O5P. The van der Waals surface area contributed by atoms with Gasteiger partial charge in [0.15, 0.2) is 11.5 Å². The molecular weight excluding hydrogens is 361 g/mol. The lowest BCUT2D eigenvalue weighted by atomic mass is 10.0. The van der Waals surface area contributed by atoms with Crippen LogP contribution in [0.5, 0.6) is 0 Å². The zero-order valence-corrected chi connectivity index (χ0v) is 15.7. The van der Waals surface area contributed by atoms with Gasteiger partial charge in [0, 0.05) is 5.92 Å². The van der Waals surface area contributed by atoms with Gasteiger partial charge < -0.3 is 24.6 Å². The summed E-state index contributed by atoms with van der Waals surface area (Å²) in [6, 6.07) is 0. The molecule has 3 atom stereocenters. The molecule has 11 heteroatoms. The van der Waals surface area contributed by atoms with Crippen LogP contribution in [-0.2, 0) is 18.3 Å². The van der Waals surface area contributed by atoms with E-state index in [0.29, 0.717) is 36.6 Å². The quantitative estimate of drug-likeness (QED) is 0.649. The van der Waals surface area contributed by atoms with Crippen LogP contribution in [0.25, 0.3) is 11.2 Å². The molecule has 1 aliphatic rings. The van der Waals surface area contributed by atoms with E-state index in [-0.39, 0.29) is 18.7 Å². The van der Waals surface area contributed by atoms with E-state index in [2.05, 4.69) is 15.0 Å². The van der Waals surface area contributed by atoms with Crippen molar-refractivity contribution < 1.29 is 23.5 Å². The van der Waals surface area contributed by atoms with Crippen LogP contribution in [0, 0.1) is 5.92 Å². The van der Waals surface area contributed by atoms with Gasteiger partial charge in [0.25, 0.3) is 0 Å². The molecule has 26 heavy (non-hydrogen) atoms. The van der Waals surface area contributed by atoms with E-state index >= 15 is 0 Å². The Morgan fingerprint density at radius 2 is 2.08 bits per heavy atom. The summed E-state index contributed by atoms with van der Waals surface area (Å²) in [4.78, 5) is 12.4. The number of aliphatic hydroxyl groups is 1. The first-order valence-electron chi connectivity index (χ1n) is 8.58. The van der Waals surface area contributed by atoms with E-state index in [1.165, 1.54) is 6.33 Å². The monoisotopic (exact) mass is 385 g/mol. The molecule has 1 fully saturated rings. The number of imidazole rings is 1. The number of nitrogens with zero attached hydrogens (tertiary/aromatic N) is 4. The summed E-state index contributed by atoms with van der Waals surface area (Å²) in [7, 11) is -3.24. The molecule has 0 aromatic carbocycles. The van der Waals surface area contributed by atoms with E-state index in [1.807, 2.05) is 0 Å². The number of fused-ring (bicyclic) bond motifs is 1. The predicted octanol–water partition coefficient (Wildman–Crippen LogP) is 1.57. The third-order valence-corrected chi connectivity index (χ3v) is 6.57. The van der Waals surface area contributed by atoms with E-state index < -0.39 is 19.9 Å². The molecule has 3 heterocycles. The Bertz CT molecular complexity index is 790. The van der Waals surface area contributed by atoms with E-state index in [4.69, 9.17) is 19.5 Å². The molecule has 0 bridgehead atoms. The number of rotatable bonds is 8. The molecule has 3 N–H and O–H groups in total. The highest BCUT2D eigenvalue weighted by atomic mass is 31.2. The Balaban J connectivity index is 1.82. The van der Waals surface area contributed by atoms with E-state index in [1.54, 1.807) is 24.7 Å². The third kappa shape index (κ3) is 3.74. The number of aliphatic hydroxyl groups excluding tert-OH is 1. The van der Waals surface area contributed by atoms with Crippen LogP contribution in [0.15, 0.2) is 12.7 Å². The number of anilines is 1. The first-order chi connectivity index (χ1) is 12.5. The summed E-state index contributed by atoms with van der Waals surface area (Å²) in [5, 5.41) is 9.70. The summed E-state index contributed by atoms with van der Waals surface area (Å²) in [6.45, 7) is 3.93. The highest BCUT2D eigenvalue weighted by Crippen LogP contribution is 2.52. The lowest BCUT2D eigenvalue weighted by molar-refractivity contribution is -0.0279. The van der Waals surface area contributed by atoms with Gasteiger partial charge in [-0.15, -0.1) is 0 Å². The minimum absolute atomic E-state index is 0.181. The first kappa shape index (κ1) is 19.2. The minimum atomic E-state index is -3.24. The summed E-state index contributed by atoms with van der Waals surface area (Å²) >= 11 is 0. The number of hydrogen-bond donors (Lipinski definition) is 2. The minimum Gasteiger partial charge on any atom is -0.394 e. The molecule has 0 spiro atoms. The summed E-state index contributed by atoms with van der Waals surface area (Å²) in [5.74, 6) is 0.102. The molecule has 0 saturated carbocycles. The van der Waals surface area contributed by atoms with Crippen LogP contribution < -0.4 is 5.73 Å². The zero-order chi connectivity index (χ0) is 18.7. The Hall–Kier alpha value is -1.58. The van der Waals surface area contributed by atoms with Crippen molar-refractivity contribution in [3.63, 3.8) is 0 Å². The second-order valence-corrected chi connectivity index (χ2v) is 8.12. The fourth-order valence-corrected chi connectivity index (χ4v) is 5.28. The molecule has 0 unspecified atom stereocenters. The maximum atomic E-state index is 12.8. The molecule has 3 rings (SSSR count). The number of hydrogen-bond acceptors (Lipinski definition) is 9. The largest absolute Gasteiger partial charge is 0.394 e. The predicted molar refractivity (Wildman–Crippen MR) is 94.6 cm³/mol. The van der Waals surface area contributed by atoms with Crippen molar-refractivity contribution in [2.75, 3.05) is 31.7 Å². The van der Waals surface area contributed by atoms with E-state index in [9.17, 15) is 9.67 Å². The third-order valence-electron chi connectivity index (χ3n) is 4.35. The second-order valence-electron chi connectivity index (χ2n) is 6.02. The molecule has 1 aliphatic heterocycles. The Morgan fingerprint density at radius 3 is 2.73 bits per heavy atom. The van der Waals surface area contributed by atoms with Gasteiger partial charge in [-0.1, -0.05) is 0 Å². The molecule has 0 radical (unpaired) electrons. The van der Waals surface area contributed by atoms with Gasteiger partial charge >= 0.3 is 7.60 Å².